The monoisotopic (exact) mass is 363 g/mol. The van der Waals surface area contributed by atoms with Gasteiger partial charge in [-0.1, -0.05) is 6.92 Å². The van der Waals surface area contributed by atoms with E-state index in [1.54, 1.807) is 12.1 Å². The Morgan fingerprint density at radius 1 is 1.35 bits per heavy atom. The number of amides is 1. The predicted octanol–water partition coefficient (Wildman–Crippen LogP) is 2.47. The average Bonchev–Trinajstić information content (AvgIpc) is 3.09. The van der Waals surface area contributed by atoms with Gasteiger partial charge in [-0.15, -0.1) is 0 Å². The number of carbonyl (C=O) groups excluding carboxylic acids is 1. The highest BCUT2D eigenvalue weighted by molar-refractivity contribution is 5.96. The van der Waals surface area contributed by atoms with E-state index in [0.29, 0.717) is 50.4 Å². The Morgan fingerprint density at radius 3 is 2.58 bits per heavy atom. The Balaban J connectivity index is 1.77. The quantitative estimate of drug-likeness (QED) is 0.638. The number of nitro groups is 1. The van der Waals surface area contributed by atoms with Crippen LogP contribution in [0.5, 0.6) is 0 Å². The molecule has 1 amide bonds. The first-order valence-electron chi connectivity index (χ1n) is 9.06. The minimum absolute atomic E-state index is 0.0194. The molecule has 0 aromatic heterocycles. The van der Waals surface area contributed by atoms with E-state index in [1.807, 2.05) is 18.7 Å². The number of rotatable bonds is 5. The van der Waals surface area contributed by atoms with E-state index in [2.05, 4.69) is 5.32 Å². The summed E-state index contributed by atoms with van der Waals surface area (Å²) in [4.78, 5) is 25.4. The lowest BCUT2D eigenvalue weighted by molar-refractivity contribution is -0.384. The topological polar surface area (TPSA) is 93.9 Å². The second-order valence-electron chi connectivity index (χ2n) is 6.84. The van der Waals surface area contributed by atoms with Crippen LogP contribution in [-0.2, 0) is 9.47 Å². The first kappa shape index (κ1) is 18.6. The van der Waals surface area contributed by atoms with Gasteiger partial charge in [0.1, 0.15) is 5.69 Å². The lowest BCUT2D eigenvalue weighted by Gasteiger charge is -2.38. The van der Waals surface area contributed by atoms with Crippen molar-refractivity contribution < 1.29 is 19.2 Å². The number of anilines is 1. The summed E-state index contributed by atoms with van der Waals surface area (Å²) in [5, 5.41) is 14.4. The van der Waals surface area contributed by atoms with Gasteiger partial charge in [0.05, 0.1) is 18.1 Å². The third-order valence-corrected chi connectivity index (χ3v) is 5.10. The number of ether oxygens (including phenoxy) is 2. The Hall–Kier alpha value is -2.19. The molecular weight excluding hydrogens is 338 g/mol. The number of hydrogen-bond acceptors (Lipinski definition) is 6. The van der Waals surface area contributed by atoms with Crippen LogP contribution in [0.1, 0.15) is 43.5 Å². The van der Waals surface area contributed by atoms with Crippen molar-refractivity contribution in [3.05, 3.63) is 33.9 Å². The van der Waals surface area contributed by atoms with E-state index < -0.39 is 10.7 Å². The zero-order valence-corrected chi connectivity index (χ0v) is 15.2. The number of carbonyl (C=O) groups is 1. The molecule has 0 aliphatic carbocycles. The first-order chi connectivity index (χ1) is 12.4. The summed E-state index contributed by atoms with van der Waals surface area (Å²) in [6.45, 7) is 6.29. The molecule has 1 aromatic carbocycles. The molecule has 0 unspecified atom stereocenters. The van der Waals surface area contributed by atoms with Gasteiger partial charge in [0.2, 0.25) is 0 Å². The van der Waals surface area contributed by atoms with Gasteiger partial charge < -0.3 is 19.7 Å². The number of nitrogens with one attached hydrogen (secondary N) is 1. The second kappa shape index (κ2) is 7.59. The molecule has 3 rings (SSSR count). The molecule has 2 heterocycles. The Bertz CT molecular complexity index is 677. The van der Waals surface area contributed by atoms with Gasteiger partial charge in [0.15, 0.2) is 5.79 Å². The number of benzene rings is 1. The summed E-state index contributed by atoms with van der Waals surface area (Å²) >= 11 is 0. The highest BCUT2D eigenvalue weighted by Gasteiger charge is 2.40. The van der Waals surface area contributed by atoms with Crippen molar-refractivity contribution >= 4 is 17.3 Å². The summed E-state index contributed by atoms with van der Waals surface area (Å²) in [5.41, 5.74) is 0.783. The molecule has 0 bridgehead atoms. The lowest BCUT2D eigenvalue weighted by Crippen LogP contribution is -2.45. The third-order valence-electron chi connectivity index (χ3n) is 5.10. The Morgan fingerprint density at radius 2 is 2.00 bits per heavy atom. The highest BCUT2D eigenvalue weighted by Crippen LogP contribution is 2.36. The fourth-order valence-electron chi connectivity index (χ4n) is 3.36. The number of hydrogen-bond donors (Lipinski definition) is 1. The average molecular weight is 363 g/mol. The van der Waals surface area contributed by atoms with E-state index >= 15 is 0 Å². The van der Waals surface area contributed by atoms with Crippen molar-refractivity contribution in [2.75, 3.05) is 31.2 Å². The van der Waals surface area contributed by atoms with Gasteiger partial charge in [-0.2, -0.15) is 0 Å². The molecule has 1 atom stereocenters. The molecule has 1 N–H and O–H groups in total. The van der Waals surface area contributed by atoms with Crippen LogP contribution in [0.4, 0.5) is 11.4 Å². The standard InChI is InChI=1S/C18H25N3O5/c1-3-13(2)19-17(22)14-4-5-15(16(12-14)21(23)24)20-8-6-18(7-9-20)25-10-11-26-18/h4-5,12-13H,3,6-11H2,1-2H3,(H,19,22)/t13-/m1/s1. The van der Waals surface area contributed by atoms with Crippen LogP contribution in [-0.4, -0.2) is 49.0 Å². The maximum absolute atomic E-state index is 12.3. The summed E-state index contributed by atoms with van der Waals surface area (Å²) < 4.78 is 11.4. The van der Waals surface area contributed by atoms with Crippen LogP contribution < -0.4 is 10.2 Å². The molecule has 142 valence electrons. The molecule has 8 heteroatoms. The van der Waals surface area contributed by atoms with Crippen LogP contribution in [0.15, 0.2) is 18.2 Å². The zero-order chi connectivity index (χ0) is 18.7. The van der Waals surface area contributed by atoms with Crippen LogP contribution >= 0.6 is 0 Å². The number of piperidine rings is 1. The highest BCUT2D eigenvalue weighted by atomic mass is 16.7. The summed E-state index contributed by atoms with van der Waals surface area (Å²) in [5.74, 6) is -0.819. The third kappa shape index (κ3) is 3.81. The lowest BCUT2D eigenvalue weighted by atomic mass is 10.0. The fraction of sp³-hybridized carbons (Fsp3) is 0.611. The van der Waals surface area contributed by atoms with E-state index in [9.17, 15) is 14.9 Å². The number of nitrogens with zero attached hydrogens (tertiary/aromatic N) is 2. The molecule has 26 heavy (non-hydrogen) atoms. The second-order valence-corrected chi connectivity index (χ2v) is 6.84. The van der Waals surface area contributed by atoms with Crippen LogP contribution in [0, 0.1) is 10.1 Å². The van der Waals surface area contributed by atoms with Crippen molar-refractivity contribution in [1.29, 1.82) is 0 Å². The van der Waals surface area contributed by atoms with Gasteiger partial charge in [-0.05, 0) is 25.5 Å². The van der Waals surface area contributed by atoms with Crippen molar-refractivity contribution in [2.24, 2.45) is 0 Å². The zero-order valence-electron chi connectivity index (χ0n) is 15.2. The smallest absolute Gasteiger partial charge is 0.293 e. The van der Waals surface area contributed by atoms with Crippen molar-refractivity contribution in [3.8, 4) is 0 Å². The van der Waals surface area contributed by atoms with Gasteiger partial charge in [0.25, 0.3) is 11.6 Å². The SMILES string of the molecule is CC[C@@H](C)NC(=O)c1ccc(N2CCC3(CC2)OCCO3)c([N+](=O)[O-])c1. The van der Waals surface area contributed by atoms with Gasteiger partial charge >= 0.3 is 0 Å². The molecule has 1 spiro atoms. The molecule has 2 fully saturated rings. The maximum Gasteiger partial charge on any atom is 0.293 e. The van der Waals surface area contributed by atoms with Crippen LogP contribution in [0.3, 0.4) is 0 Å². The molecule has 2 aliphatic rings. The van der Waals surface area contributed by atoms with Crippen molar-refractivity contribution in [1.82, 2.24) is 5.32 Å². The van der Waals surface area contributed by atoms with E-state index in [0.717, 1.165) is 6.42 Å². The van der Waals surface area contributed by atoms with Crippen LogP contribution in [0.25, 0.3) is 0 Å². The van der Waals surface area contributed by atoms with Crippen molar-refractivity contribution in [2.45, 2.75) is 44.9 Å². The van der Waals surface area contributed by atoms with Gasteiger partial charge in [-0.3, -0.25) is 14.9 Å². The van der Waals surface area contributed by atoms with Gasteiger partial charge in [0, 0.05) is 43.6 Å². The van der Waals surface area contributed by atoms with E-state index in [4.69, 9.17) is 9.47 Å². The largest absolute Gasteiger partial charge is 0.366 e. The minimum atomic E-state index is -0.526. The minimum Gasteiger partial charge on any atom is -0.366 e. The fourth-order valence-corrected chi connectivity index (χ4v) is 3.36. The van der Waals surface area contributed by atoms with Crippen molar-refractivity contribution in [3.63, 3.8) is 0 Å². The molecule has 2 saturated heterocycles. The first-order valence-corrected chi connectivity index (χ1v) is 9.06. The molecule has 0 saturated carbocycles. The molecule has 2 aliphatic heterocycles. The van der Waals surface area contributed by atoms with E-state index in [1.165, 1.54) is 6.07 Å². The maximum atomic E-state index is 12.3. The predicted molar refractivity (Wildman–Crippen MR) is 96.4 cm³/mol. The molecule has 0 radical (unpaired) electrons. The molecule has 8 nitrogen and oxygen atoms in total. The number of nitro benzene ring substituents is 1. The Labute approximate surface area is 152 Å². The van der Waals surface area contributed by atoms with Crippen LogP contribution in [0.2, 0.25) is 0 Å². The molecule has 1 aromatic rings. The summed E-state index contributed by atoms with van der Waals surface area (Å²) in [7, 11) is 0. The molecular formula is C18H25N3O5. The summed E-state index contributed by atoms with van der Waals surface area (Å²) in [6.07, 6.45) is 2.13. The van der Waals surface area contributed by atoms with E-state index in [-0.39, 0.29) is 17.6 Å². The normalized spacial score (nSPS) is 20.2. The Kier molecular flexibility index (Phi) is 5.43. The van der Waals surface area contributed by atoms with Gasteiger partial charge in [-0.25, -0.2) is 0 Å². The summed E-state index contributed by atoms with van der Waals surface area (Å²) in [6, 6.07) is 4.69.